The van der Waals surface area contributed by atoms with Gasteiger partial charge in [0.25, 0.3) is 5.91 Å². The minimum atomic E-state index is -0.296. The van der Waals surface area contributed by atoms with E-state index in [0.717, 1.165) is 17.2 Å². The van der Waals surface area contributed by atoms with Crippen molar-refractivity contribution in [1.82, 2.24) is 24.5 Å². The van der Waals surface area contributed by atoms with E-state index in [1.807, 2.05) is 6.92 Å². The molecule has 0 aliphatic carbocycles. The number of rotatable bonds is 4. The van der Waals surface area contributed by atoms with Crippen LogP contribution in [0.4, 0.5) is 5.82 Å². The third-order valence-electron chi connectivity index (χ3n) is 3.71. The Morgan fingerprint density at radius 3 is 3.09 bits per heavy atom. The number of hydrogen-bond donors (Lipinski definition) is 1. The van der Waals surface area contributed by atoms with Crippen LogP contribution in [0.25, 0.3) is 0 Å². The summed E-state index contributed by atoms with van der Waals surface area (Å²) in [5, 5.41) is 7.02. The van der Waals surface area contributed by atoms with Crippen molar-refractivity contribution in [2.75, 3.05) is 32.1 Å². The predicted octanol–water partition coefficient (Wildman–Crippen LogP) is 1.15. The summed E-state index contributed by atoms with van der Waals surface area (Å²) in [6.07, 6.45) is 3.65. The topological polar surface area (TPSA) is 93.1 Å². The van der Waals surface area contributed by atoms with Crippen molar-refractivity contribution in [3.05, 3.63) is 28.7 Å². The Balaban J connectivity index is 1.79. The second kappa shape index (κ2) is 6.97. The Kier molecular flexibility index (Phi) is 4.77. The lowest BCUT2D eigenvalue weighted by atomic mass is 10.1. The van der Waals surface area contributed by atoms with E-state index in [9.17, 15) is 4.79 Å². The maximum absolute atomic E-state index is 12.7. The van der Waals surface area contributed by atoms with Crippen LogP contribution in [-0.2, 0) is 11.2 Å². The van der Waals surface area contributed by atoms with Crippen molar-refractivity contribution in [3.63, 3.8) is 0 Å². The minimum absolute atomic E-state index is 0.0416. The van der Waals surface area contributed by atoms with Gasteiger partial charge in [0.1, 0.15) is 22.5 Å². The first-order valence-electron chi connectivity index (χ1n) is 7.45. The molecule has 2 aromatic rings. The summed E-state index contributed by atoms with van der Waals surface area (Å²) in [6, 6.07) is 0. The molecule has 9 heteroatoms. The molecule has 0 radical (unpaired) electrons. The maximum Gasteiger partial charge on any atom is 0.267 e. The van der Waals surface area contributed by atoms with Gasteiger partial charge < -0.3 is 15.0 Å². The largest absolute Gasteiger partial charge is 0.372 e. The zero-order valence-electron chi connectivity index (χ0n) is 13.0. The summed E-state index contributed by atoms with van der Waals surface area (Å²) in [4.78, 5) is 23.7. The van der Waals surface area contributed by atoms with Crippen LogP contribution in [0.15, 0.2) is 12.4 Å². The number of carbonyl (C=O) groups excluding carboxylic acids is 1. The van der Waals surface area contributed by atoms with Crippen molar-refractivity contribution in [3.8, 4) is 0 Å². The zero-order chi connectivity index (χ0) is 16.2. The van der Waals surface area contributed by atoms with Crippen LogP contribution in [0, 0.1) is 0 Å². The minimum Gasteiger partial charge on any atom is -0.372 e. The summed E-state index contributed by atoms with van der Waals surface area (Å²) >= 11 is 1.15. The van der Waals surface area contributed by atoms with Crippen molar-refractivity contribution >= 4 is 23.3 Å². The highest BCUT2D eigenvalue weighted by atomic mass is 32.1. The van der Waals surface area contributed by atoms with Gasteiger partial charge in [0.2, 0.25) is 0 Å². The lowest BCUT2D eigenvalue weighted by molar-refractivity contribution is -0.0244. The van der Waals surface area contributed by atoms with Crippen molar-refractivity contribution in [2.45, 2.75) is 19.4 Å². The lowest BCUT2D eigenvalue weighted by Crippen LogP contribution is -2.42. The van der Waals surface area contributed by atoms with Crippen LogP contribution >= 0.6 is 11.5 Å². The van der Waals surface area contributed by atoms with Crippen molar-refractivity contribution in [1.29, 1.82) is 0 Å². The summed E-state index contributed by atoms with van der Waals surface area (Å²) in [6.45, 7) is 3.41. The van der Waals surface area contributed by atoms with Crippen molar-refractivity contribution < 1.29 is 9.53 Å². The molecule has 8 nitrogen and oxygen atoms in total. The number of anilines is 1. The SMILES string of the molecule is CCc1nnsc1C(=O)N1CCOC(c2nccnc2NC)C1. The molecule has 3 heterocycles. The van der Waals surface area contributed by atoms with E-state index in [1.54, 1.807) is 24.3 Å². The number of aryl methyl sites for hydroxylation is 1. The number of carbonyl (C=O) groups is 1. The van der Waals surface area contributed by atoms with E-state index >= 15 is 0 Å². The highest BCUT2D eigenvalue weighted by Crippen LogP contribution is 2.26. The Hall–Kier alpha value is -2.13. The molecular weight excluding hydrogens is 316 g/mol. The van der Waals surface area contributed by atoms with Gasteiger partial charge in [-0.15, -0.1) is 5.10 Å². The first-order valence-corrected chi connectivity index (χ1v) is 8.22. The number of ether oxygens (including phenoxy) is 1. The molecule has 3 rings (SSSR count). The number of nitrogens with zero attached hydrogens (tertiary/aromatic N) is 5. The normalized spacial score (nSPS) is 18.0. The fourth-order valence-corrected chi connectivity index (χ4v) is 3.24. The van der Waals surface area contributed by atoms with Gasteiger partial charge in [0.15, 0.2) is 0 Å². The third-order valence-corrected chi connectivity index (χ3v) is 4.46. The molecule has 0 spiro atoms. The monoisotopic (exact) mass is 334 g/mol. The summed E-state index contributed by atoms with van der Waals surface area (Å²) in [7, 11) is 1.79. The van der Waals surface area contributed by atoms with E-state index in [0.29, 0.717) is 42.5 Å². The number of nitrogens with one attached hydrogen (secondary N) is 1. The molecule has 0 saturated carbocycles. The molecule has 0 aromatic carbocycles. The molecule has 1 unspecified atom stereocenters. The molecule has 2 aromatic heterocycles. The van der Waals surface area contributed by atoms with Crippen LogP contribution in [0.1, 0.15) is 34.1 Å². The molecule has 1 fully saturated rings. The smallest absolute Gasteiger partial charge is 0.267 e. The fourth-order valence-electron chi connectivity index (χ4n) is 2.52. The van der Waals surface area contributed by atoms with E-state index in [2.05, 4.69) is 24.9 Å². The molecule has 122 valence electrons. The maximum atomic E-state index is 12.7. The molecule has 23 heavy (non-hydrogen) atoms. The fraction of sp³-hybridized carbons (Fsp3) is 0.500. The van der Waals surface area contributed by atoms with Gasteiger partial charge >= 0.3 is 0 Å². The standard InChI is InChI=1S/C14H18N6O2S/c1-3-9-12(23-19-18-9)14(21)20-6-7-22-10(8-20)11-13(15-2)17-5-4-16-11/h4-5,10H,3,6-8H2,1-2H3,(H,15,17). The summed E-state index contributed by atoms with van der Waals surface area (Å²) in [5.74, 6) is 0.626. The second-order valence-electron chi connectivity index (χ2n) is 5.05. The van der Waals surface area contributed by atoms with Gasteiger partial charge in [-0.1, -0.05) is 11.4 Å². The molecule has 1 N–H and O–H groups in total. The van der Waals surface area contributed by atoms with Crippen LogP contribution < -0.4 is 5.32 Å². The van der Waals surface area contributed by atoms with Crippen LogP contribution in [0.5, 0.6) is 0 Å². The number of amides is 1. The summed E-state index contributed by atoms with van der Waals surface area (Å²) in [5.41, 5.74) is 1.46. The predicted molar refractivity (Wildman–Crippen MR) is 85.5 cm³/mol. The van der Waals surface area contributed by atoms with Gasteiger partial charge in [0, 0.05) is 26.0 Å². The first kappa shape index (κ1) is 15.8. The van der Waals surface area contributed by atoms with Crippen LogP contribution in [0.3, 0.4) is 0 Å². The zero-order valence-corrected chi connectivity index (χ0v) is 13.8. The van der Waals surface area contributed by atoms with Gasteiger partial charge in [-0.05, 0) is 18.0 Å². The van der Waals surface area contributed by atoms with Gasteiger partial charge in [-0.3, -0.25) is 9.78 Å². The van der Waals surface area contributed by atoms with E-state index in [1.165, 1.54) is 0 Å². The van der Waals surface area contributed by atoms with E-state index in [-0.39, 0.29) is 12.0 Å². The van der Waals surface area contributed by atoms with Crippen LogP contribution in [0.2, 0.25) is 0 Å². The molecule has 1 aliphatic heterocycles. The number of hydrogen-bond acceptors (Lipinski definition) is 8. The van der Waals surface area contributed by atoms with E-state index in [4.69, 9.17) is 4.74 Å². The number of morpholine rings is 1. The van der Waals surface area contributed by atoms with E-state index < -0.39 is 0 Å². The Labute approximate surface area is 138 Å². The third kappa shape index (κ3) is 3.15. The van der Waals surface area contributed by atoms with Gasteiger partial charge in [-0.2, -0.15) is 0 Å². The van der Waals surface area contributed by atoms with Crippen LogP contribution in [-0.4, -0.2) is 57.1 Å². The van der Waals surface area contributed by atoms with Gasteiger partial charge in [0.05, 0.1) is 18.8 Å². The summed E-state index contributed by atoms with van der Waals surface area (Å²) < 4.78 is 9.69. The quantitative estimate of drug-likeness (QED) is 0.896. The average Bonchev–Trinajstić information content (AvgIpc) is 3.09. The second-order valence-corrected chi connectivity index (χ2v) is 5.81. The Morgan fingerprint density at radius 1 is 1.48 bits per heavy atom. The molecule has 1 saturated heterocycles. The Morgan fingerprint density at radius 2 is 2.30 bits per heavy atom. The number of aromatic nitrogens is 4. The van der Waals surface area contributed by atoms with Gasteiger partial charge in [-0.25, -0.2) is 4.98 Å². The lowest BCUT2D eigenvalue weighted by Gasteiger charge is -2.32. The highest BCUT2D eigenvalue weighted by molar-refractivity contribution is 7.08. The molecule has 1 aliphatic rings. The Bertz CT molecular complexity index is 691. The van der Waals surface area contributed by atoms with Crippen molar-refractivity contribution in [2.24, 2.45) is 0 Å². The molecule has 1 amide bonds. The molecular formula is C14H18N6O2S. The molecule has 0 bridgehead atoms. The molecule has 1 atom stereocenters. The highest BCUT2D eigenvalue weighted by Gasteiger charge is 2.30. The average molecular weight is 334 g/mol. The first-order chi connectivity index (χ1) is 11.2.